The highest BCUT2D eigenvalue weighted by Gasteiger charge is 2.25. The van der Waals surface area contributed by atoms with Crippen molar-refractivity contribution in [3.63, 3.8) is 0 Å². The second kappa shape index (κ2) is 4.10. The second-order valence-electron chi connectivity index (χ2n) is 5.18. The molecule has 86 valence electrons. The van der Waals surface area contributed by atoms with Crippen molar-refractivity contribution < 1.29 is 5.11 Å². The zero-order chi connectivity index (χ0) is 11.0. The van der Waals surface area contributed by atoms with E-state index in [-0.39, 0.29) is 0 Å². The first-order valence-electron chi connectivity index (χ1n) is 6.38. The van der Waals surface area contributed by atoms with Gasteiger partial charge >= 0.3 is 0 Å². The minimum Gasteiger partial charge on any atom is -0.508 e. The molecule has 0 amide bonds. The van der Waals surface area contributed by atoms with E-state index in [1.165, 1.54) is 36.8 Å². The first-order chi connectivity index (χ1) is 7.83. The molecule has 2 aliphatic carbocycles. The normalized spacial score (nSPS) is 24.1. The highest BCUT2D eigenvalue weighted by Crippen LogP contribution is 2.34. The van der Waals surface area contributed by atoms with Gasteiger partial charge in [0.15, 0.2) is 0 Å². The molecule has 16 heavy (non-hydrogen) atoms. The molecule has 1 aromatic carbocycles. The number of benzene rings is 1. The van der Waals surface area contributed by atoms with E-state index in [1.54, 1.807) is 0 Å². The third kappa shape index (κ3) is 2.07. The first kappa shape index (κ1) is 10.2. The van der Waals surface area contributed by atoms with Gasteiger partial charge in [0, 0.05) is 6.04 Å². The summed E-state index contributed by atoms with van der Waals surface area (Å²) in [6, 6.07) is 6.30. The van der Waals surface area contributed by atoms with Gasteiger partial charge in [-0.2, -0.15) is 0 Å². The van der Waals surface area contributed by atoms with E-state index in [0.717, 1.165) is 18.9 Å². The van der Waals surface area contributed by atoms with Crippen molar-refractivity contribution >= 4 is 0 Å². The average molecular weight is 217 g/mol. The molecule has 2 nitrogen and oxygen atoms in total. The number of nitrogens with one attached hydrogen (secondary N) is 1. The van der Waals surface area contributed by atoms with Crippen LogP contribution in [-0.4, -0.2) is 11.7 Å². The summed E-state index contributed by atoms with van der Waals surface area (Å²) < 4.78 is 0. The minimum absolute atomic E-state index is 0.402. The van der Waals surface area contributed by atoms with E-state index in [9.17, 15) is 5.11 Å². The molecule has 0 aliphatic heterocycles. The Labute approximate surface area is 96.7 Å². The number of hydrogen-bond acceptors (Lipinski definition) is 2. The Kier molecular flexibility index (Phi) is 2.60. The van der Waals surface area contributed by atoms with Gasteiger partial charge in [0.05, 0.1) is 0 Å². The number of phenols is 1. The van der Waals surface area contributed by atoms with Crippen LogP contribution in [0, 0.1) is 5.92 Å². The van der Waals surface area contributed by atoms with Crippen LogP contribution in [0.3, 0.4) is 0 Å². The highest BCUT2D eigenvalue weighted by molar-refractivity contribution is 5.38. The number of hydrogen-bond donors (Lipinski definition) is 2. The maximum Gasteiger partial charge on any atom is 0.115 e. The number of fused-ring (bicyclic) bond motifs is 1. The maximum atomic E-state index is 9.57. The lowest BCUT2D eigenvalue weighted by molar-refractivity contribution is 0.440. The molecule has 1 saturated carbocycles. The fourth-order valence-electron chi connectivity index (χ4n) is 2.63. The smallest absolute Gasteiger partial charge is 0.115 e. The predicted octanol–water partition coefficient (Wildman–Crippen LogP) is 2.77. The molecular weight excluding hydrogens is 198 g/mol. The Bertz CT molecular complexity index is 384. The van der Waals surface area contributed by atoms with Crippen LogP contribution in [0.15, 0.2) is 18.2 Å². The number of aromatic hydroxyl groups is 1. The molecule has 3 rings (SSSR count). The molecule has 1 atom stereocenters. The van der Waals surface area contributed by atoms with E-state index in [2.05, 4.69) is 11.4 Å². The summed E-state index contributed by atoms with van der Waals surface area (Å²) in [4.78, 5) is 0. The van der Waals surface area contributed by atoms with Gasteiger partial charge < -0.3 is 10.4 Å². The van der Waals surface area contributed by atoms with Crippen LogP contribution in [0.4, 0.5) is 0 Å². The van der Waals surface area contributed by atoms with E-state index in [1.807, 2.05) is 12.1 Å². The van der Waals surface area contributed by atoms with Crippen molar-refractivity contribution in [3.8, 4) is 5.75 Å². The van der Waals surface area contributed by atoms with E-state index >= 15 is 0 Å². The highest BCUT2D eigenvalue weighted by atomic mass is 16.3. The lowest BCUT2D eigenvalue weighted by atomic mass is 9.87. The van der Waals surface area contributed by atoms with E-state index in [4.69, 9.17) is 0 Å². The van der Waals surface area contributed by atoms with Crippen molar-refractivity contribution in [1.29, 1.82) is 0 Å². The molecule has 1 aromatic rings. The Balaban J connectivity index is 1.77. The van der Waals surface area contributed by atoms with Gasteiger partial charge in [-0.3, -0.25) is 0 Å². The summed E-state index contributed by atoms with van der Waals surface area (Å²) in [5, 5.41) is 13.2. The molecule has 0 bridgehead atoms. The predicted molar refractivity (Wildman–Crippen MR) is 64.5 cm³/mol. The zero-order valence-electron chi connectivity index (χ0n) is 9.58. The van der Waals surface area contributed by atoms with Crippen LogP contribution < -0.4 is 5.32 Å². The molecule has 0 heterocycles. The van der Waals surface area contributed by atoms with Crippen LogP contribution in [0.25, 0.3) is 0 Å². The standard InChI is InChI=1S/C14H19NO/c16-12-7-6-11-2-1-3-14(13(11)8-12)15-9-10-4-5-10/h6-8,10,14-16H,1-5,9H2. The Morgan fingerprint density at radius 3 is 2.94 bits per heavy atom. The van der Waals surface area contributed by atoms with Crippen LogP contribution in [0.1, 0.15) is 42.9 Å². The summed E-state index contributed by atoms with van der Waals surface area (Å²) >= 11 is 0. The van der Waals surface area contributed by atoms with E-state index in [0.29, 0.717) is 11.8 Å². The molecule has 2 aliphatic rings. The fraction of sp³-hybridized carbons (Fsp3) is 0.571. The second-order valence-corrected chi connectivity index (χ2v) is 5.18. The SMILES string of the molecule is Oc1ccc2c(c1)C(NCC1CC1)CCC2. The summed E-state index contributed by atoms with van der Waals surface area (Å²) in [7, 11) is 0. The van der Waals surface area contributed by atoms with Crippen molar-refractivity contribution in [3.05, 3.63) is 29.3 Å². The third-order valence-electron chi connectivity index (χ3n) is 3.79. The fourth-order valence-corrected chi connectivity index (χ4v) is 2.63. The molecule has 2 heteroatoms. The van der Waals surface area contributed by atoms with Crippen molar-refractivity contribution in [2.24, 2.45) is 5.92 Å². The quantitative estimate of drug-likeness (QED) is 0.816. The lowest BCUT2D eigenvalue weighted by Crippen LogP contribution is -2.26. The topological polar surface area (TPSA) is 32.3 Å². The minimum atomic E-state index is 0.402. The molecule has 0 spiro atoms. The summed E-state index contributed by atoms with van der Waals surface area (Å²) in [5.74, 6) is 1.32. The van der Waals surface area contributed by atoms with Gasteiger partial charge in [0.25, 0.3) is 0 Å². The maximum absolute atomic E-state index is 9.57. The molecule has 1 unspecified atom stereocenters. The van der Waals surface area contributed by atoms with Gasteiger partial charge in [-0.1, -0.05) is 6.07 Å². The van der Waals surface area contributed by atoms with Gasteiger partial charge in [0.2, 0.25) is 0 Å². The largest absolute Gasteiger partial charge is 0.508 e. The molecular formula is C14H19NO. The lowest BCUT2D eigenvalue weighted by Gasteiger charge is -2.26. The molecule has 0 saturated heterocycles. The van der Waals surface area contributed by atoms with Crippen LogP contribution >= 0.6 is 0 Å². The van der Waals surface area contributed by atoms with Crippen LogP contribution in [0.5, 0.6) is 5.75 Å². The summed E-state index contributed by atoms with van der Waals surface area (Å²) in [5.41, 5.74) is 2.74. The Hall–Kier alpha value is -1.02. The first-order valence-corrected chi connectivity index (χ1v) is 6.38. The Morgan fingerprint density at radius 2 is 2.12 bits per heavy atom. The van der Waals surface area contributed by atoms with Gasteiger partial charge in [-0.15, -0.1) is 0 Å². The number of phenolic OH excluding ortho intramolecular Hbond substituents is 1. The number of rotatable bonds is 3. The van der Waals surface area contributed by atoms with Crippen molar-refractivity contribution in [2.75, 3.05) is 6.54 Å². The monoisotopic (exact) mass is 217 g/mol. The number of aryl methyl sites for hydroxylation is 1. The van der Waals surface area contributed by atoms with Gasteiger partial charge in [0.1, 0.15) is 5.75 Å². The zero-order valence-corrected chi connectivity index (χ0v) is 9.58. The summed E-state index contributed by atoms with van der Waals surface area (Å²) in [6.45, 7) is 1.15. The van der Waals surface area contributed by atoms with Crippen LogP contribution in [-0.2, 0) is 6.42 Å². The molecule has 2 N–H and O–H groups in total. The molecule has 1 fully saturated rings. The average Bonchev–Trinajstić information content (AvgIpc) is 3.10. The van der Waals surface area contributed by atoms with Crippen molar-refractivity contribution in [1.82, 2.24) is 5.32 Å². The van der Waals surface area contributed by atoms with E-state index < -0.39 is 0 Å². The van der Waals surface area contributed by atoms with Crippen LogP contribution in [0.2, 0.25) is 0 Å². The molecule has 0 aromatic heterocycles. The third-order valence-corrected chi connectivity index (χ3v) is 3.79. The molecule has 0 radical (unpaired) electrons. The van der Waals surface area contributed by atoms with Crippen molar-refractivity contribution in [2.45, 2.75) is 38.1 Å². The van der Waals surface area contributed by atoms with Gasteiger partial charge in [-0.05, 0) is 67.8 Å². The Morgan fingerprint density at radius 1 is 1.25 bits per heavy atom. The van der Waals surface area contributed by atoms with Gasteiger partial charge in [-0.25, -0.2) is 0 Å². The summed E-state index contributed by atoms with van der Waals surface area (Å²) in [6.07, 6.45) is 6.43.